The number of sulfonamides is 1. The molecule has 0 saturated heterocycles. The zero-order chi connectivity index (χ0) is 14.3. The van der Waals surface area contributed by atoms with Gasteiger partial charge in [-0.3, -0.25) is 0 Å². The predicted molar refractivity (Wildman–Crippen MR) is 78.2 cm³/mol. The van der Waals surface area contributed by atoms with Crippen molar-refractivity contribution in [2.45, 2.75) is 58.8 Å². The smallest absolute Gasteiger partial charge is 0.218 e. The zero-order valence-corrected chi connectivity index (χ0v) is 13.5. The minimum Gasteiger partial charge on any atom is -0.318 e. The Hall–Kier alpha value is -0.130. The van der Waals surface area contributed by atoms with Crippen molar-refractivity contribution in [2.75, 3.05) is 20.1 Å². The van der Waals surface area contributed by atoms with E-state index in [-0.39, 0.29) is 11.3 Å². The molecule has 0 aliphatic rings. The molecule has 110 valence electrons. The molecule has 1 unspecified atom stereocenters. The first-order valence-electron chi connectivity index (χ1n) is 6.96. The fraction of sp³-hybridized carbons (Fsp3) is 1.00. The van der Waals surface area contributed by atoms with Crippen LogP contribution in [0.3, 0.4) is 0 Å². The zero-order valence-electron chi connectivity index (χ0n) is 12.7. The molecule has 1 atom stereocenters. The van der Waals surface area contributed by atoms with Crippen molar-refractivity contribution in [3.05, 3.63) is 0 Å². The van der Waals surface area contributed by atoms with Gasteiger partial charge in [0.15, 0.2) is 0 Å². The predicted octanol–water partition coefficient (Wildman–Crippen LogP) is 2.07. The van der Waals surface area contributed by atoms with Crippen molar-refractivity contribution in [3.63, 3.8) is 0 Å². The summed E-state index contributed by atoms with van der Waals surface area (Å²) in [6, 6.07) is 0.122. The van der Waals surface area contributed by atoms with E-state index in [0.29, 0.717) is 19.0 Å². The number of hydrogen-bond donors (Lipinski definition) is 1. The van der Waals surface area contributed by atoms with Crippen LogP contribution in [0.15, 0.2) is 0 Å². The van der Waals surface area contributed by atoms with Crippen LogP contribution in [-0.4, -0.2) is 44.2 Å². The SMILES string of the molecule is CCC(CC)N(CC(C)C)S(=O)(=O)C(C)CNC. The van der Waals surface area contributed by atoms with Crippen LogP contribution in [-0.2, 0) is 10.0 Å². The Labute approximate surface area is 113 Å². The van der Waals surface area contributed by atoms with Crippen LogP contribution in [0.1, 0.15) is 47.5 Å². The topological polar surface area (TPSA) is 49.4 Å². The van der Waals surface area contributed by atoms with Gasteiger partial charge in [-0.1, -0.05) is 27.7 Å². The van der Waals surface area contributed by atoms with Crippen LogP contribution in [0.4, 0.5) is 0 Å². The summed E-state index contributed by atoms with van der Waals surface area (Å²) in [6.07, 6.45) is 1.74. The van der Waals surface area contributed by atoms with Crippen molar-refractivity contribution in [3.8, 4) is 0 Å². The molecule has 0 bridgehead atoms. The van der Waals surface area contributed by atoms with E-state index in [1.807, 2.05) is 0 Å². The fourth-order valence-corrected chi connectivity index (χ4v) is 4.20. The molecule has 1 N–H and O–H groups in total. The molecule has 0 fully saturated rings. The molecule has 0 heterocycles. The van der Waals surface area contributed by atoms with E-state index in [2.05, 4.69) is 33.0 Å². The van der Waals surface area contributed by atoms with Gasteiger partial charge < -0.3 is 5.32 Å². The van der Waals surface area contributed by atoms with Gasteiger partial charge in [-0.05, 0) is 32.7 Å². The molecular weight excluding hydrogens is 248 g/mol. The average molecular weight is 278 g/mol. The third-order valence-electron chi connectivity index (χ3n) is 3.22. The molecule has 0 spiro atoms. The Balaban J connectivity index is 5.16. The summed E-state index contributed by atoms with van der Waals surface area (Å²) < 4.78 is 26.9. The van der Waals surface area contributed by atoms with Gasteiger partial charge in [0, 0.05) is 19.1 Å². The van der Waals surface area contributed by atoms with Crippen LogP contribution in [0.25, 0.3) is 0 Å². The maximum atomic E-state index is 12.6. The normalized spacial score (nSPS) is 14.7. The highest BCUT2D eigenvalue weighted by atomic mass is 32.2. The lowest BCUT2D eigenvalue weighted by molar-refractivity contribution is 0.274. The quantitative estimate of drug-likeness (QED) is 0.702. The lowest BCUT2D eigenvalue weighted by Crippen LogP contribution is -2.47. The van der Waals surface area contributed by atoms with Gasteiger partial charge in [0.05, 0.1) is 5.25 Å². The van der Waals surface area contributed by atoms with Crippen LogP contribution in [0.2, 0.25) is 0 Å². The monoisotopic (exact) mass is 278 g/mol. The van der Waals surface area contributed by atoms with E-state index < -0.39 is 10.0 Å². The first-order chi connectivity index (χ1) is 8.31. The molecular formula is C13H30N2O2S. The molecule has 0 aromatic rings. The summed E-state index contributed by atoms with van der Waals surface area (Å²) in [5.41, 5.74) is 0. The molecule has 5 heteroatoms. The van der Waals surface area contributed by atoms with Crippen LogP contribution >= 0.6 is 0 Å². The number of rotatable bonds is 9. The van der Waals surface area contributed by atoms with E-state index in [1.165, 1.54) is 0 Å². The van der Waals surface area contributed by atoms with E-state index in [0.717, 1.165) is 12.8 Å². The molecule has 0 aromatic heterocycles. The van der Waals surface area contributed by atoms with Crippen molar-refractivity contribution >= 4 is 10.0 Å². The molecule has 4 nitrogen and oxygen atoms in total. The minimum absolute atomic E-state index is 0.122. The first-order valence-corrected chi connectivity index (χ1v) is 8.46. The van der Waals surface area contributed by atoms with Crippen LogP contribution in [0.5, 0.6) is 0 Å². The second-order valence-electron chi connectivity index (χ2n) is 5.35. The molecule has 18 heavy (non-hydrogen) atoms. The van der Waals surface area contributed by atoms with Gasteiger partial charge in [-0.2, -0.15) is 4.31 Å². The van der Waals surface area contributed by atoms with Gasteiger partial charge in [0.1, 0.15) is 0 Å². The Morgan fingerprint density at radius 2 is 1.61 bits per heavy atom. The molecule has 0 radical (unpaired) electrons. The number of nitrogens with zero attached hydrogens (tertiary/aromatic N) is 1. The van der Waals surface area contributed by atoms with Crippen molar-refractivity contribution in [2.24, 2.45) is 5.92 Å². The summed E-state index contributed by atoms with van der Waals surface area (Å²) >= 11 is 0. The second kappa shape index (κ2) is 8.12. The van der Waals surface area contributed by atoms with E-state index in [4.69, 9.17) is 0 Å². The summed E-state index contributed by atoms with van der Waals surface area (Å²) in [6.45, 7) is 11.1. The number of nitrogens with one attached hydrogen (secondary N) is 1. The highest BCUT2D eigenvalue weighted by Crippen LogP contribution is 2.19. The molecule has 0 aromatic carbocycles. The highest BCUT2D eigenvalue weighted by molar-refractivity contribution is 7.89. The average Bonchev–Trinajstić information content (AvgIpc) is 2.29. The summed E-state index contributed by atoms with van der Waals surface area (Å²) in [5, 5.41) is 2.58. The lowest BCUT2D eigenvalue weighted by atomic mass is 10.1. The third-order valence-corrected chi connectivity index (χ3v) is 5.51. The Morgan fingerprint density at radius 3 is 1.94 bits per heavy atom. The van der Waals surface area contributed by atoms with Crippen LogP contribution in [0, 0.1) is 5.92 Å². The lowest BCUT2D eigenvalue weighted by Gasteiger charge is -2.33. The Bertz CT molecular complexity index is 311. The fourth-order valence-electron chi connectivity index (χ4n) is 2.14. The van der Waals surface area contributed by atoms with Gasteiger partial charge in [-0.25, -0.2) is 8.42 Å². The van der Waals surface area contributed by atoms with E-state index in [1.54, 1.807) is 18.3 Å². The third kappa shape index (κ3) is 4.86. The minimum atomic E-state index is -3.21. The van der Waals surface area contributed by atoms with E-state index in [9.17, 15) is 8.42 Å². The van der Waals surface area contributed by atoms with Crippen molar-refractivity contribution in [1.29, 1.82) is 0 Å². The Kier molecular flexibility index (Phi) is 8.06. The maximum absolute atomic E-state index is 12.6. The first kappa shape index (κ1) is 17.9. The van der Waals surface area contributed by atoms with Gasteiger partial charge in [0.25, 0.3) is 0 Å². The summed E-state index contributed by atoms with van der Waals surface area (Å²) in [5.74, 6) is 0.349. The van der Waals surface area contributed by atoms with Gasteiger partial charge in [-0.15, -0.1) is 0 Å². The van der Waals surface area contributed by atoms with Crippen molar-refractivity contribution in [1.82, 2.24) is 9.62 Å². The van der Waals surface area contributed by atoms with Gasteiger partial charge in [0.2, 0.25) is 10.0 Å². The standard InChI is InChI=1S/C13H30N2O2S/c1-7-13(8-2)15(10-11(3)4)18(16,17)12(5)9-14-6/h11-14H,7-10H2,1-6H3. The Morgan fingerprint density at radius 1 is 1.11 bits per heavy atom. The molecule has 0 aliphatic heterocycles. The molecule has 0 saturated carbocycles. The molecule has 0 aliphatic carbocycles. The van der Waals surface area contributed by atoms with Gasteiger partial charge >= 0.3 is 0 Å². The summed E-state index contributed by atoms with van der Waals surface area (Å²) in [4.78, 5) is 0. The van der Waals surface area contributed by atoms with E-state index >= 15 is 0 Å². The molecule has 0 amide bonds. The van der Waals surface area contributed by atoms with Crippen molar-refractivity contribution < 1.29 is 8.42 Å². The molecule has 0 rings (SSSR count). The highest BCUT2D eigenvalue weighted by Gasteiger charge is 2.32. The number of hydrogen-bond acceptors (Lipinski definition) is 3. The van der Waals surface area contributed by atoms with Crippen LogP contribution < -0.4 is 5.32 Å². The summed E-state index contributed by atoms with van der Waals surface area (Å²) in [7, 11) is -1.42. The second-order valence-corrected chi connectivity index (χ2v) is 7.65. The largest absolute Gasteiger partial charge is 0.318 e. The maximum Gasteiger partial charge on any atom is 0.218 e.